The van der Waals surface area contributed by atoms with Gasteiger partial charge in [0.15, 0.2) is 0 Å². The normalized spacial score (nSPS) is 10.3. The Kier molecular flexibility index (Phi) is 5.05. The number of hydrogen-bond acceptors (Lipinski definition) is 6. The number of nitrogens with one attached hydrogen (secondary N) is 1. The van der Waals surface area contributed by atoms with Crippen molar-refractivity contribution in [3.63, 3.8) is 0 Å². The highest BCUT2D eigenvalue weighted by atomic mass is 32.2. The van der Waals surface area contributed by atoms with E-state index in [4.69, 9.17) is 9.15 Å². The van der Waals surface area contributed by atoms with Gasteiger partial charge in [0.1, 0.15) is 17.2 Å². The molecule has 1 aromatic carbocycles. The minimum Gasteiger partial charge on any atom is -0.496 e. The SMILES string of the molecule is COc1ccc(NC(=O)CSc2ccoc2C)c([N+](=O)[O-])c1. The van der Waals surface area contributed by atoms with Gasteiger partial charge >= 0.3 is 0 Å². The zero-order valence-corrected chi connectivity index (χ0v) is 12.8. The number of benzene rings is 1. The van der Waals surface area contributed by atoms with E-state index in [9.17, 15) is 14.9 Å². The van der Waals surface area contributed by atoms with Gasteiger partial charge in [0.25, 0.3) is 5.69 Å². The zero-order chi connectivity index (χ0) is 16.1. The van der Waals surface area contributed by atoms with Crippen LogP contribution >= 0.6 is 11.8 Å². The van der Waals surface area contributed by atoms with Crippen molar-refractivity contribution in [1.82, 2.24) is 0 Å². The zero-order valence-electron chi connectivity index (χ0n) is 12.0. The number of amides is 1. The molecule has 0 aliphatic carbocycles. The largest absolute Gasteiger partial charge is 0.496 e. The van der Waals surface area contributed by atoms with Gasteiger partial charge in [-0.05, 0) is 25.1 Å². The van der Waals surface area contributed by atoms with Crippen molar-refractivity contribution >= 4 is 29.0 Å². The number of carbonyl (C=O) groups is 1. The van der Waals surface area contributed by atoms with E-state index < -0.39 is 4.92 Å². The molecule has 2 aromatic rings. The molecule has 116 valence electrons. The molecule has 1 heterocycles. The van der Waals surface area contributed by atoms with Crippen LogP contribution in [0.5, 0.6) is 5.75 Å². The van der Waals surface area contributed by atoms with Crippen LogP contribution in [0, 0.1) is 17.0 Å². The summed E-state index contributed by atoms with van der Waals surface area (Å²) in [7, 11) is 1.42. The van der Waals surface area contributed by atoms with Crippen molar-refractivity contribution in [1.29, 1.82) is 0 Å². The van der Waals surface area contributed by atoms with Crippen LogP contribution in [0.25, 0.3) is 0 Å². The lowest BCUT2D eigenvalue weighted by Crippen LogP contribution is -2.15. The van der Waals surface area contributed by atoms with Gasteiger partial charge in [0.05, 0.1) is 30.1 Å². The molecule has 0 fully saturated rings. The quantitative estimate of drug-likeness (QED) is 0.498. The third kappa shape index (κ3) is 3.79. The lowest BCUT2D eigenvalue weighted by Gasteiger charge is -2.07. The third-order valence-corrected chi connectivity index (χ3v) is 3.99. The molecule has 2 rings (SSSR count). The monoisotopic (exact) mass is 322 g/mol. The fraction of sp³-hybridized carbons (Fsp3) is 0.214. The summed E-state index contributed by atoms with van der Waals surface area (Å²) < 4.78 is 10.1. The molecule has 22 heavy (non-hydrogen) atoms. The van der Waals surface area contributed by atoms with Crippen LogP contribution in [0.1, 0.15) is 5.76 Å². The van der Waals surface area contributed by atoms with E-state index in [1.54, 1.807) is 25.3 Å². The predicted molar refractivity (Wildman–Crippen MR) is 82.4 cm³/mol. The molecule has 0 aliphatic rings. The first-order valence-electron chi connectivity index (χ1n) is 6.30. The van der Waals surface area contributed by atoms with Gasteiger partial charge in [-0.2, -0.15) is 0 Å². The summed E-state index contributed by atoms with van der Waals surface area (Å²) in [5, 5.41) is 13.6. The number of hydrogen-bond donors (Lipinski definition) is 1. The van der Waals surface area contributed by atoms with Crippen molar-refractivity contribution in [3.05, 3.63) is 46.4 Å². The summed E-state index contributed by atoms with van der Waals surface area (Å²) in [4.78, 5) is 23.3. The number of aryl methyl sites for hydroxylation is 1. The van der Waals surface area contributed by atoms with E-state index in [-0.39, 0.29) is 23.0 Å². The number of thioether (sulfide) groups is 1. The van der Waals surface area contributed by atoms with E-state index in [2.05, 4.69) is 5.32 Å². The van der Waals surface area contributed by atoms with Crippen molar-refractivity contribution < 1.29 is 18.9 Å². The maximum Gasteiger partial charge on any atom is 0.296 e. The molecular weight excluding hydrogens is 308 g/mol. The Morgan fingerprint density at radius 1 is 1.45 bits per heavy atom. The Balaban J connectivity index is 2.05. The number of nitrogens with zero attached hydrogens (tertiary/aromatic N) is 1. The van der Waals surface area contributed by atoms with Gasteiger partial charge in [-0.1, -0.05) is 0 Å². The summed E-state index contributed by atoms with van der Waals surface area (Å²) in [6, 6.07) is 6.03. The van der Waals surface area contributed by atoms with E-state index in [0.29, 0.717) is 5.75 Å². The molecule has 0 bridgehead atoms. The summed E-state index contributed by atoms with van der Waals surface area (Å²) >= 11 is 1.30. The Morgan fingerprint density at radius 2 is 2.23 bits per heavy atom. The number of nitro benzene ring substituents is 1. The van der Waals surface area contributed by atoms with Crippen molar-refractivity contribution in [2.45, 2.75) is 11.8 Å². The molecule has 1 amide bonds. The fourth-order valence-corrected chi connectivity index (χ4v) is 2.51. The number of carbonyl (C=O) groups excluding carboxylic acids is 1. The van der Waals surface area contributed by atoms with Crippen molar-refractivity contribution in [2.24, 2.45) is 0 Å². The Labute approximate surface area is 130 Å². The first-order chi connectivity index (χ1) is 10.5. The number of anilines is 1. The van der Waals surface area contributed by atoms with E-state index in [1.165, 1.54) is 31.0 Å². The van der Waals surface area contributed by atoms with Crippen LogP contribution in [0.2, 0.25) is 0 Å². The molecule has 0 aliphatic heterocycles. The van der Waals surface area contributed by atoms with Crippen LogP contribution in [0.3, 0.4) is 0 Å². The molecule has 0 spiro atoms. The van der Waals surface area contributed by atoms with Crippen LogP contribution in [-0.4, -0.2) is 23.7 Å². The van der Waals surface area contributed by atoms with Crippen LogP contribution < -0.4 is 10.1 Å². The van der Waals surface area contributed by atoms with E-state index in [1.807, 2.05) is 0 Å². The molecule has 0 saturated heterocycles. The topological polar surface area (TPSA) is 94.6 Å². The van der Waals surface area contributed by atoms with Gasteiger partial charge in [-0.15, -0.1) is 11.8 Å². The second-order valence-electron chi connectivity index (χ2n) is 4.32. The summed E-state index contributed by atoms with van der Waals surface area (Å²) in [5.74, 6) is 0.879. The molecule has 1 aromatic heterocycles. The average molecular weight is 322 g/mol. The first kappa shape index (κ1) is 15.9. The maximum atomic E-state index is 11.9. The predicted octanol–water partition coefficient (Wildman–Crippen LogP) is 3.24. The highest BCUT2D eigenvalue weighted by Gasteiger charge is 2.17. The van der Waals surface area contributed by atoms with Crippen LogP contribution in [0.15, 0.2) is 39.8 Å². The Hall–Kier alpha value is -2.48. The molecule has 8 heteroatoms. The van der Waals surface area contributed by atoms with Crippen molar-refractivity contribution in [2.75, 3.05) is 18.2 Å². The Morgan fingerprint density at radius 3 is 2.82 bits per heavy atom. The summed E-state index contributed by atoms with van der Waals surface area (Å²) in [6.45, 7) is 1.80. The lowest BCUT2D eigenvalue weighted by molar-refractivity contribution is -0.384. The van der Waals surface area contributed by atoms with Crippen LogP contribution in [-0.2, 0) is 4.79 Å². The van der Waals surface area contributed by atoms with Gasteiger partial charge in [0.2, 0.25) is 5.91 Å². The van der Waals surface area contributed by atoms with Gasteiger partial charge in [-0.25, -0.2) is 0 Å². The molecule has 0 unspecified atom stereocenters. The Bertz CT molecular complexity index is 698. The average Bonchev–Trinajstić information content (AvgIpc) is 2.90. The standard InChI is InChI=1S/C14H14N2O5S/c1-9-13(5-6-21-9)22-8-14(17)15-11-4-3-10(20-2)7-12(11)16(18)19/h3-7H,8H2,1-2H3,(H,15,17). The number of nitro groups is 1. The third-order valence-electron chi connectivity index (χ3n) is 2.85. The minimum absolute atomic E-state index is 0.129. The van der Waals surface area contributed by atoms with Crippen LogP contribution in [0.4, 0.5) is 11.4 Å². The number of furan rings is 1. The smallest absolute Gasteiger partial charge is 0.296 e. The van der Waals surface area contributed by atoms with E-state index in [0.717, 1.165) is 10.7 Å². The molecule has 7 nitrogen and oxygen atoms in total. The molecule has 0 saturated carbocycles. The minimum atomic E-state index is -0.564. The maximum absolute atomic E-state index is 11.9. The number of ether oxygens (including phenoxy) is 1. The second kappa shape index (κ2) is 6.99. The fourth-order valence-electron chi connectivity index (χ4n) is 1.75. The first-order valence-corrected chi connectivity index (χ1v) is 7.29. The highest BCUT2D eigenvalue weighted by Crippen LogP contribution is 2.29. The number of rotatable bonds is 6. The molecular formula is C14H14N2O5S. The molecule has 0 atom stereocenters. The van der Waals surface area contributed by atoms with Gasteiger partial charge in [-0.3, -0.25) is 14.9 Å². The number of methoxy groups -OCH3 is 1. The van der Waals surface area contributed by atoms with Gasteiger partial charge < -0.3 is 14.5 Å². The van der Waals surface area contributed by atoms with Gasteiger partial charge in [0, 0.05) is 4.90 Å². The molecule has 1 N–H and O–H groups in total. The molecule has 0 radical (unpaired) electrons. The van der Waals surface area contributed by atoms with Crippen molar-refractivity contribution in [3.8, 4) is 5.75 Å². The summed E-state index contributed by atoms with van der Waals surface area (Å²) in [6.07, 6.45) is 1.55. The highest BCUT2D eigenvalue weighted by molar-refractivity contribution is 8.00. The second-order valence-corrected chi connectivity index (χ2v) is 5.34. The van der Waals surface area contributed by atoms with E-state index >= 15 is 0 Å². The lowest BCUT2D eigenvalue weighted by atomic mass is 10.2. The summed E-state index contributed by atoms with van der Waals surface area (Å²) in [5.41, 5.74) is -0.0718.